The van der Waals surface area contributed by atoms with Crippen LogP contribution in [-0.2, 0) is 9.59 Å². The molecule has 1 saturated heterocycles. The van der Waals surface area contributed by atoms with Crippen molar-refractivity contribution in [2.75, 3.05) is 10.2 Å². The summed E-state index contributed by atoms with van der Waals surface area (Å²) in [5.74, 6) is -1.88. The average molecular weight is 471 g/mol. The second-order valence-corrected chi connectivity index (χ2v) is 9.65. The molecule has 4 aromatic carbocycles. The van der Waals surface area contributed by atoms with Crippen molar-refractivity contribution in [1.29, 1.82) is 0 Å². The Bertz CT molecular complexity index is 1450. The van der Waals surface area contributed by atoms with E-state index < -0.39 is 11.8 Å². The lowest BCUT2D eigenvalue weighted by Gasteiger charge is -2.45. The van der Waals surface area contributed by atoms with Crippen molar-refractivity contribution in [2.24, 2.45) is 11.8 Å². The van der Waals surface area contributed by atoms with Gasteiger partial charge in [-0.2, -0.15) is 0 Å². The highest BCUT2D eigenvalue weighted by Gasteiger charge is 2.61. The maximum atomic E-state index is 13.9. The number of benzene rings is 4. The average Bonchev–Trinajstić information content (AvgIpc) is 3.19. The van der Waals surface area contributed by atoms with Crippen LogP contribution in [0.25, 0.3) is 0 Å². The number of nitrogens with zero attached hydrogens (tertiary/aromatic N) is 1. The van der Waals surface area contributed by atoms with Crippen LogP contribution in [0.1, 0.15) is 44.4 Å². The molecule has 3 aliphatic carbocycles. The fourth-order valence-corrected chi connectivity index (χ4v) is 6.44. The molecule has 2 atom stereocenters. The summed E-state index contributed by atoms with van der Waals surface area (Å²) in [6.07, 6.45) is 0. The first kappa shape index (κ1) is 20.8. The van der Waals surface area contributed by atoms with E-state index in [0.29, 0.717) is 16.9 Å². The molecule has 174 valence electrons. The van der Waals surface area contributed by atoms with Crippen molar-refractivity contribution in [1.82, 2.24) is 0 Å². The number of carbonyl (C=O) groups excluding carboxylic acids is 3. The summed E-state index contributed by atoms with van der Waals surface area (Å²) >= 11 is 0. The minimum absolute atomic E-state index is 0.154. The number of carbonyl (C=O) groups is 3. The summed E-state index contributed by atoms with van der Waals surface area (Å²) in [6, 6.07) is 32.4. The summed E-state index contributed by atoms with van der Waals surface area (Å²) < 4.78 is 0. The zero-order valence-electron chi connectivity index (χ0n) is 19.3. The van der Waals surface area contributed by atoms with Gasteiger partial charge in [0.05, 0.1) is 17.5 Å². The van der Waals surface area contributed by atoms with Crippen molar-refractivity contribution >= 4 is 29.1 Å². The summed E-state index contributed by atoms with van der Waals surface area (Å²) in [6.45, 7) is 0. The van der Waals surface area contributed by atoms with Gasteiger partial charge in [0.15, 0.2) is 0 Å². The first-order valence-corrected chi connectivity index (χ1v) is 12.2. The lowest BCUT2D eigenvalue weighted by molar-refractivity contribution is -0.122. The van der Waals surface area contributed by atoms with E-state index in [-0.39, 0.29) is 29.6 Å². The SMILES string of the molecule is O=C(Nc1ccccc1)c1cccc(N2C(=O)[C@@H]3C4c5ccccc5C(c5ccccc54)[C@H]3C2=O)c1. The van der Waals surface area contributed by atoms with Crippen LogP contribution in [-0.4, -0.2) is 17.7 Å². The largest absolute Gasteiger partial charge is 0.322 e. The number of rotatable bonds is 3. The summed E-state index contributed by atoms with van der Waals surface area (Å²) in [4.78, 5) is 42.1. The number of nitrogens with one attached hydrogen (secondary N) is 1. The first-order valence-electron chi connectivity index (χ1n) is 12.2. The Morgan fingerprint density at radius 2 is 1.11 bits per heavy atom. The molecule has 0 saturated carbocycles. The molecule has 0 radical (unpaired) electrons. The zero-order valence-corrected chi connectivity index (χ0v) is 19.3. The Morgan fingerprint density at radius 3 is 1.64 bits per heavy atom. The van der Waals surface area contributed by atoms with Crippen molar-refractivity contribution in [3.63, 3.8) is 0 Å². The Morgan fingerprint density at radius 1 is 0.611 bits per heavy atom. The fraction of sp³-hybridized carbons (Fsp3) is 0.129. The number of imide groups is 1. The molecule has 4 aliphatic rings. The van der Waals surface area contributed by atoms with Crippen LogP contribution in [0.2, 0.25) is 0 Å². The Labute approximate surface area is 208 Å². The van der Waals surface area contributed by atoms with Crippen molar-refractivity contribution in [3.8, 4) is 0 Å². The molecule has 36 heavy (non-hydrogen) atoms. The lowest BCUT2D eigenvalue weighted by Crippen LogP contribution is -2.41. The highest BCUT2D eigenvalue weighted by atomic mass is 16.2. The molecular weight excluding hydrogens is 448 g/mol. The molecular formula is C31H22N2O3. The number of hydrogen-bond acceptors (Lipinski definition) is 3. The van der Waals surface area contributed by atoms with Gasteiger partial charge in [-0.25, -0.2) is 4.90 Å². The van der Waals surface area contributed by atoms with Crippen molar-refractivity contribution in [3.05, 3.63) is 131 Å². The van der Waals surface area contributed by atoms with Crippen molar-refractivity contribution in [2.45, 2.75) is 11.8 Å². The van der Waals surface area contributed by atoms with Gasteiger partial charge in [0.25, 0.3) is 5.91 Å². The van der Waals surface area contributed by atoms with Crippen LogP contribution in [0.15, 0.2) is 103 Å². The second kappa shape index (κ2) is 7.75. The fourth-order valence-electron chi connectivity index (χ4n) is 6.44. The van der Waals surface area contributed by atoms with Crippen molar-refractivity contribution < 1.29 is 14.4 Å². The third-order valence-corrected chi connectivity index (χ3v) is 7.85. The van der Waals surface area contributed by atoms with E-state index in [1.165, 1.54) is 4.90 Å². The molecule has 1 aliphatic heterocycles. The third-order valence-electron chi connectivity index (χ3n) is 7.85. The van der Waals surface area contributed by atoms with Gasteiger partial charge in [-0.15, -0.1) is 0 Å². The standard InChI is InChI=1S/C31H22N2O3/c34-29(32-19-10-2-1-3-11-19)18-9-8-12-20(17-18)33-30(35)27-25-21-13-4-5-14-22(21)26(28(27)31(33)36)24-16-7-6-15-23(24)25/h1-17,25-28H,(H,32,34)/t25?,26?,27-,28-/m1/s1. The smallest absolute Gasteiger partial charge is 0.255 e. The van der Waals surface area contributed by atoms with Crippen LogP contribution in [0.5, 0.6) is 0 Å². The van der Waals surface area contributed by atoms with E-state index in [1.54, 1.807) is 24.3 Å². The van der Waals surface area contributed by atoms with Gasteiger partial charge >= 0.3 is 0 Å². The lowest BCUT2D eigenvalue weighted by atomic mass is 9.55. The molecule has 5 heteroatoms. The van der Waals surface area contributed by atoms with E-state index in [1.807, 2.05) is 54.6 Å². The second-order valence-electron chi connectivity index (χ2n) is 9.65. The predicted molar refractivity (Wildman–Crippen MR) is 137 cm³/mol. The van der Waals surface area contributed by atoms with E-state index >= 15 is 0 Å². The monoisotopic (exact) mass is 470 g/mol. The zero-order chi connectivity index (χ0) is 24.4. The van der Waals surface area contributed by atoms with Gasteiger partial charge in [0, 0.05) is 23.1 Å². The van der Waals surface area contributed by atoms with Crippen LogP contribution < -0.4 is 10.2 Å². The van der Waals surface area contributed by atoms with E-state index in [0.717, 1.165) is 22.3 Å². The van der Waals surface area contributed by atoms with Crippen LogP contribution in [0, 0.1) is 11.8 Å². The molecule has 5 nitrogen and oxygen atoms in total. The van der Waals surface area contributed by atoms with Gasteiger partial charge in [0.1, 0.15) is 0 Å². The molecule has 1 fully saturated rings. The topological polar surface area (TPSA) is 66.5 Å². The number of anilines is 2. The molecule has 4 aromatic rings. The predicted octanol–water partition coefficient (Wildman–Crippen LogP) is 5.34. The molecule has 2 bridgehead atoms. The molecule has 1 heterocycles. The highest BCUT2D eigenvalue weighted by Crippen LogP contribution is 2.61. The Balaban J connectivity index is 1.28. The minimum Gasteiger partial charge on any atom is -0.322 e. The maximum absolute atomic E-state index is 13.9. The van der Waals surface area contributed by atoms with Gasteiger partial charge in [-0.3, -0.25) is 14.4 Å². The minimum atomic E-state index is -0.450. The van der Waals surface area contributed by atoms with Crippen LogP contribution >= 0.6 is 0 Å². The van der Waals surface area contributed by atoms with E-state index in [9.17, 15) is 14.4 Å². The molecule has 1 N–H and O–H groups in total. The number of amides is 3. The number of para-hydroxylation sites is 1. The molecule has 3 amide bonds. The maximum Gasteiger partial charge on any atom is 0.255 e. The molecule has 0 aromatic heterocycles. The van der Waals surface area contributed by atoms with Crippen LogP contribution in [0.4, 0.5) is 11.4 Å². The summed E-state index contributed by atoms with van der Waals surface area (Å²) in [5, 5.41) is 2.87. The highest BCUT2D eigenvalue weighted by molar-refractivity contribution is 6.23. The molecule has 8 rings (SSSR count). The van der Waals surface area contributed by atoms with E-state index in [4.69, 9.17) is 0 Å². The summed E-state index contributed by atoms with van der Waals surface area (Å²) in [7, 11) is 0. The van der Waals surface area contributed by atoms with E-state index in [2.05, 4.69) is 29.6 Å². The van der Waals surface area contributed by atoms with Gasteiger partial charge in [-0.1, -0.05) is 72.8 Å². The number of hydrogen-bond donors (Lipinski definition) is 1. The normalized spacial score (nSPS) is 23.2. The van der Waals surface area contributed by atoms with Gasteiger partial charge in [0.2, 0.25) is 11.8 Å². The summed E-state index contributed by atoms with van der Waals surface area (Å²) in [5.41, 5.74) is 6.07. The molecule has 0 unspecified atom stereocenters. The Hall–Kier alpha value is -4.51. The van der Waals surface area contributed by atoms with Crippen LogP contribution in [0.3, 0.4) is 0 Å². The Kier molecular flexibility index (Phi) is 4.48. The quantitative estimate of drug-likeness (QED) is 0.411. The molecule has 0 spiro atoms. The first-order chi connectivity index (χ1) is 17.6. The van der Waals surface area contributed by atoms with Gasteiger partial charge < -0.3 is 5.32 Å². The third kappa shape index (κ3) is 2.86. The van der Waals surface area contributed by atoms with Gasteiger partial charge in [-0.05, 0) is 52.6 Å².